The van der Waals surface area contributed by atoms with Crippen LogP contribution in [0.1, 0.15) is 54.4 Å². The number of hydrogen-bond donors (Lipinski definition) is 0. The third-order valence-electron chi connectivity index (χ3n) is 7.95. The smallest absolute Gasteiger partial charge is 0.416 e. The fraction of sp³-hybridized carbons (Fsp3) is 0.529. The number of cyclic esters (lactones) is 1. The fourth-order valence-corrected chi connectivity index (χ4v) is 11.0. The summed E-state index contributed by atoms with van der Waals surface area (Å²) in [5.74, 6) is 2.77. The topological polar surface area (TPSA) is 55.8 Å². The zero-order chi connectivity index (χ0) is 30.4. The van der Waals surface area contributed by atoms with Crippen LogP contribution < -0.4 is 10.4 Å². The van der Waals surface area contributed by atoms with Crippen molar-refractivity contribution in [2.45, 2.75) is 85.1 Å². The summed E-state index contributed by atoms with van der Waals surface area (Å²) in [5.41, 5.74) is 3.50. The van der Waals surface area contributed by atoms with Crippen LogP contribution in [0.3, 0.4) is 0 Å². The van der Waals surface area contributed by atoms with E-state index in [0.29, 0.717) is 13.0 Å². The highest BCUT2D eigenvalue weighted by Gasteiger charge is 2.50. The van der Waals surface area contributed by atoms with Crippen LogP contribution >= 0.6 is 0 Å². The van der Waals surface area contributed by atoms with Gasteiger partial charge in [0.2, 0.25) is 5.91 Å². The molecule has 0 bridgehead atoms. The van der Waals surface area contributed by atoms with Crippen LogP contribution in [0.2, 0.25) is 24.7 Å². The minimum atomic E-state index is -2.77. The molecule has 222 valence electrons. The zero-order valence-electron chi connectivity index (χ0n) is 26.5. The lowest BCUT2D eigenvalue weighted by molar-refractivity contribution is -0.135. The molecule has 0 spiro atoms. The molecule has 5 nitrogen and oxygen atoms in total. The SMILES string of the molecule is CC[C@@H](C#C[Si](C)(C)C)[C@@H](CCO[Si](c1ccccc1)(c1ccccc1)C(C)(C)C)C(=O)N1C(=O)OC[C@@H]1C(C)C. The van der Waals surface area contributed by atoms with Crippen molar-refractivity contribution in [3.8, 4) is 11.5 Å². The molecule has 2 amide bonds. The quantitative estimate of drug-likeness (QED) is 0.234. The lowest BCUT2D eigenvalue weighted by Crippen LogP contribution is -2.66. The van der Waals surface area contributed by atoms with Gasteiger partial charge in [-0.3, -0.25) is 4.79 Å². The average molecular weight is 592 g/mol. The van der Waals surface area contributed by atoms with Crippen molar-refractivity contribution in [1.82, 2.24) is 4.90 Å². The van der Waals surface area contributed by atoms with Crippen LogP contribution in [0.15, 0.2) is 60.7 Å². The van der Waals surface area contributed by atoms with Crippen molar-refractivity contribution < 1.29 is 18.8 Å². The number of ether oxygens (including phenoxy) is 1. The molecule has 41 heavy (non-hydrogen) atoms. The van der Waals surface area contributed by atoms with Gasteiger partial charge >= 0.3 is 6.09 Å². The molecule has 1 saturated heterocycles. The summed E-state index contributed by atoms with van der Waals surface area (Å²) < 4.78 is 12.5. The van der Waals surface area contributed by atoms with Crippen LogP contribution in [0.25, 0.3) is 0 Å². The van der Waals surface area contributed by atoms with E-state index in [1.165, 1.54) is 15.3 Å². The van der Waals surface area contributed by atoms with Crippen molar-refractivity contribution in [3.63, 3.8) is 0 Å². The molecular weight excluding hydrogens is 543 g/mol. The third kappa shape index (κ3) is 7.60. The molecule has 1 aliphatic heterocycles. The van der Waals surface area contributed by atoms with Gasteiger partial charge < -0.3 is 9.16 Å². The summed E-state index contributed by atoms with van der Waals surface area (Å²) in [6.45, 7) is 20.2. The number of imide groups is 1. The molecule has 0 radical (unpaired) electrons. The summed E-state index contributed by atoms with van der Waals surface area (Å²) in [5, 5.41) is 2.24. The number of hydrogen-bond acceptors (Lipinski definition) is 4. The van der Waals surface area contributed by atoms with Crippen LogP contribution in [0.4, 0.5) is 4.79 Å². The van der Waals surface area contributed by atoms with Gasteiger partial charge in [-0.25, -0.2) is 9.69 Å². The van der Waals surface area contributed by atoms with Gasteiger partial charge in [0, 0.05) is 12.5 Å². The van der Waals surface area contributed by atoms with Crippen LogP contribution in [0, 0.1) is 29.2 Å². The molecular formula is C34H49NO4Si2. The molecule has 2 aromatic carbocycles. The summed E-state index contributed by atoms with van der Waals surface area (Å²) in [4.78, 5) is 28.4. The van der Waals surface area contributed by atoms with Gasteiger partial charge in [-0.1, -0.05) is 122 Å². The predicted octanol–water partition coefficient (Wildman–Crippen LogP) is 6.48. The molecule has 0 unspecified atom stereocenters. The van der Waals surface area contributed by atoms with E-state index in [-0.39, 0.29) is 35.4 Å². The molecule has 1 fully saturated rings. The van der Waals surface area contributed by atoms with Crippen molar-refractivity contribution in [2.75, 3.05) is 13.2 Å². The molecule has 3 rings (SSSR count). The Morgan fingerprint density at radius 2 is 1.56 bits per heavy atom. The second kappa shape index (κ2) is 13.5. The largest absolute Gasteiger partial charge is 0.447 e. The first kappa shape index (κ1) is 32.8. The maximum Gasteiger partial charge on any atom is 0.416 e. The van der Waals surface area contributed by atoms with Crippen LogP contribution in [-0.2, 0) is 14.0 Å². The monoisotopic (exact) mass is 591 g/mol. The number of nitrogens with zero attached hydrogens (tertiary/aromatic N) is 1. The number of carbonyl (C=O) groups excluding carboxylic acids is 2. The average Bonchev–Trinajstić information content (AvgIpc) is 3.31. The van der Waals surface area contributed by atoms with Crippen molar-refractivity contribution >= 4 is 38.8 Å². The van der Waals surface area contributed by atoms with Crippen LogP contribution in [0.5, 0.6) is 0 Å². The highest BCUT2D eigenvalue weighted by Crippen LogP contribution is 2.37. The molecule has 0 N–H and O–H groups in total. The van der Waals surface area contributed by atoms with Crippen molar-refractivity contribution in [3.05, 3.63) is 60.7 Å². The predicted molar refractivity (Wildman–Crippen MR) is 173 cm³/mol. The van der Waals surface area contributed by atoms with Gasteiger partial charge in [0.05, 0.1) is 12.0 Å². The molecule has 3 atom stereocenters. The van der Waals surface area contributed by atoms with E-state index in [2.05, 4.69) is 107 Å². The highest BCUT2D eigenvalue weighted by molar-refractivity contribution is 6.99. The van der Waals surface area contributed by atoms with Crippen molar-refractivity contribution in [1.29, 1.82) is 0 Å². The molecule has 0 aliphatic carbocycles. The van der Waals surface area contributed by atoms with E-state index >= 15 is 0 Å². The normalized spacial score (nSPS) is 17.6. The molecule has 7 heteroatoms. The van der Waals surface area contributed by atoms with Gasteiger partial charge in [-0.2, -0.15) is 0 Å². The molecule has 2 aromatic rings. The van der Waals surface area contributed by atoms with E-state index in [1.807, 2.05) is 26.0 Å². The van der Waals surface area contributed by atoms with Crippen molar-refractivity contribution in [2.24, 2.45) is 17.8 Å². The third-order valence-corrected chi connectivity index (χ3v) is 13.9. The van der Waals surface area contributed by atoms with Gasteiger partial charge in [0.1, 0.15) is 14.7 Å². The minimum absolute atomic E-state index is 0.104. The second-order valence-corrected chi connectivity index (χ2v) is 22.6. The second-order valence-electron chi connectivity index (χ2n) is 13.5. The van der Waals surface area contributed by atoms with E-state index < -0.39 is 28.4 Å². The Hall–Kier alpha value is -2.67. The molecule has 1 heterocycles. The number of rotatable bonds is 10. The fourth-order valence-electron chi connectivity index (χ4n) is 5.75. The zero-order valence-corrected chi connectivity index (χ0v) is 28.5. The summed E-state index contributed by atoms with van der Waals surface area (Å²) in [7, 11) is -4.44. The Morgan fingerprint density at radius 3 is 2.00 bits per heavy atom. The highest BCUT2D eigenvalue weighted by atomic mass is 28.4. The van der Waals surface area contributed by atoms with Gasteiger partial charge in [-0.05, 0) is 34.2 Å². The lowest BCUT2D eigenvalue weighted by atomic mass is 9.86. The summed E-state index contributed by atoms with van der Waals surface area (Å²) in [6, 6.07) is 20.8. The Labute approximate surface area is 250 Å². The van der Waals surface area contributed by atoms with Gasteiger partial charge in [-0.15, -0.1) is 11.5 Å². The molecule has 1 aliphatic rings. The Bertz CT molecular complexity index is 1180. The summed E-state index contributed by atoms with van der Waals surface area (Å²) in [6.07, 6.45) is 0.665. The Balaban J connectivity index is 2.03. The lowest BCUT2D eigenvalue weighted by Gasteiger charge is -2.43. The maximum absolute atomic E-state index is 14.2. The number of carbonyl (C=O) groups is 2. The summed E-state index contributed by atoms with van der Waals surface area (Å²) >= 11 is 0. The minimum Gasteiger partial charge on any atom is -0.447 e. The Morgan fingerprint density at radius 1 is 1.02 bits per heavy atom. The standard InChI is InChI=1S/C34H49NO4Si2/c1-10-27(22-24-40(7,8)9)30(32(36)35-31(26(2)3)25-38-33(35)37)21-23-39-41(34(4,5)6,28-17-13-11-14-18-28)29-19-15-12-16-20-29/h11-20,26-27,30-31H,10,21,23,25H2,1-9H3/t27-,30+,31+/m0/s1. The van der Waals surface area contributed by atoms with E-state index in [9.17, 15) is 9.59 Å². The van der Waals surface area contributed by atoms with E-state index in [1.54, 1.807) is 0 Å². The first-order chi connectivity index (χ1) is 19.2. The molecule has 0 saturated carbocycles. The maximum atomic E-state index is 14.2. The number of benzene rings is 2. The van der Waals surface area contributed by atoms with Gasteiger partial charge in [0.25, 0.3) is 8.32 Å². The van der Waals surface area contributed by atoms with Crippen LogP contribution in [-0.4, -0.2) is 52.5 Å². The molecule has 0 aromatic heterocycles. The first-order valence-electron chi connectivity index (χ1n) is 15.0. The van der Waals surface area contributed by atoms with E-state index in [0.717, 1.165) is 6.42 Å². The number of amides is 2. The Kier molecular flexibility index (Phi) is 10.8. The van der Waals surface area contributed by atoms with E-state index in [4.69, 9.17) is 9.16 Å². The first-order valence-corrected chi connectivity index (χ1v) is 20.4. The van der Waals surface area contributed by atoms with Gasteiger partial charge in [0.15, 0.2) is 0 Å².